The van der Waals surface area contributed by atoms with Crippen LogP contribution in [0.25, 0.3) is 0 Å². The van der Waals surface area contributed by atoms with E-state index in [1.165, 1.54) is 16.4 Å². The number of nitrogens with zero attached hydrogens (tertiary/aromatic N) is 1. The van der Waals surface area contributed by atoms with Crippen LogP contribution < -0.4 is 5.32 Å². The van der Waals surface area contributed by atoms with Crippen molar-refractivity contribution in [2.75, 3.05) is 26.3 Å². The first-order valence-electron chi connectivity index (χ1n) is 8.64. The van der Waals surface area contributed by atoms with Gasteiger partial charge in [0.15, 0.2) is 0 Å². The Hall–Kier alpha value is -1.48. The van der Waals surface area contributed by atoms with Crippen LogP contribution in [0.2, 0.25) is 0 Å². The summed E-state index contributed by atoms with van der Waals surface area (Å²) in [5, 5.41) is 12.7. The molecular weight excluding hydrogens is 344 g/mol. The van der Waals surface area contributed by atoms with Gasteiger partial charge in [0, 0.05) is 37.9 Å². The van der Waals surface area contributed by atoms with Crippen LogP contribution in [0.4, 0.5) is 0 Å². The number of carbonyl (C=O) groups excluding carboxylic acids is 1. The van der Waals surface area contributed by atoms with Crippen LogP contribution in [0.3, 0.4) is 0 Å². The van der Waals surface area contributed by atoms with Crippen molar-refractivity contribution >= 4 is 15.9 Å². The maximum absolute atomic E-state index is 12.8. The first kappa shape index (κ1) is 18.3. The Balaban J connectivity index is 1.75. The fourth-order valence-corrected chi connectivity index (χ4v) is 4.76. The molecule has 0 spiro atoms. The van der Waals surface area contributed by atoms with Crippen molar-refractivity contribution in [1.29, 1.82) is 0 Å². The number of ether oxygens (including phenoxy) is 1. The minimum Gasteiger partial charge on any atom is -0.392 e. The number of aliphatic hydroxyl groups excluding tert-OH is 1. The normalized spacial score (nSPS) is 23.3. The first-order chi connectivity index (χ1) is 12.0. The van der Waals surface area contributed by atoms with E-state index in [0.29, 0.717) is 38.2 Å². The molecule has 3 rings (SSSR count). The fourth-order valence-electron chi connectivity index (χ4n) is 3.20. The molecule has 2 aliphatic rings. The molecule has 25 heavy (non-hydrogen) atoms. The van der Waals surface area contributed by atoms with Gasteiger partial charge < -0.3 is 15.2 Å². The number of β-amino-alcohol motifs (C(OH)–C–C–N with tert-alkyl or cyclic N) is 1. The molecule has 0 unspecified atom stereocenters. The van der Waals surface area contributed by atoms with E-state index in [0.717, 1.165) is 12.8 Å². The maximum Gasteiger partial charge on any atom is 0.251 e. The van der Waals surface area contributed by atoms with Crippen molar-refractivity contribution in [3.63, 3.8) is 0 Å². The van der Waals surface area contributed by atoms with Gasteiger partial charge in [-0.3, -0.25) is 4.79 Å². The molecule has 1 amide bonds. The molecule has 0 aromatic heterocycles. The lowest BCUT2D eigenvalue weighted by molar-refractivity contribution is 0.0696. The third-order valence-corrected chi connectivity index (χ3v) is 6.51. The van der Waals surface area contributed by atoms with Gasteiger partial charge in [-0.05, 0) is 43.9 Å². The van der Waals surface area contributed by atoms with Gasteiger partial charge in [-0.2, -0.15) is 4.31 Å². The van der Waals surface area contributed by atoms with E-state index in [1.807, 2.05) is 0 Å². The predicted molar refractivity (Wildman–Crippen MR) is 91.7 cm³/mol. The second kappa shape index (κ2) is 7.82. The zero-order chi connectivity index (χ0) is 17.9. The zero-order valence-electron chi connectivity index (χ0n) is 14.1. The summed E-state index contributed by atoms with van der Waals surface area (Å²) in [5.74, 6) is -0.275. The fraction of sp³-hybridized carbons (Fsp3) is 0.588. The summed E-state index contributed by atoms with van der Waals surface area (Å²) in [6, 6.07) is 6.14. The number of benzene rings is 1. The third-order valence-electron chi connectivity index (χ3n) is 4.65. The monoisotopic (exact) mass is 368 g/mol. The molecule has 2 fully saturated rings. The van der Waals surface area contributed by atoms with Crippen LogP contribution in [0, 0.1) is 0 Å². The van der Waals surface area contributed by atoms with Crippen molar-refractivity contribution < 1.29 is 23.1 Å². The lowest BCUT2D eigenvalue weighted by Crippen LogP contribution is -2.42. The van der Waals surface area contributed by atoms with Gasteiger partial charge in [0.2, 0.25) is 10.0 Å². The molecule has 0 saturated carbocycles. The molecule has 7 nitrogen and oxygen atoms in total. The molecular formula is C17H24N2O5S. The number of hydrogen-bond acceptors (Lipinski definition) is 5. The Bertz CT molecular complexity index is 716. The molecule has 0 bridgehead atoms. The van der Waals surface area contributed by atoms with E-state index in [4.69, 9.17) is 4.74 Å². The third kappa shape index (κ3) is 4.38. The van der Waals surface area contributed by atoms with Crippen molar-refractivity contribution in [1.82, 2.24) is 9.62 Å². The molecule has 1 atom stereocenters. The predicted octanol–water partition coefficient (Wildman–Crippen LogP) is 0.741. The van der Waals surface area contributed by atoms with Crippen molar-refractivity contribution in [3.05, 3.63) is 29.8 Å². The van der Waals surface area contributed by atoms with Crippen LogP contribution in [-0.2, 0) is 14.8 Å². The summed E-state index contributed by atoms with van der Waals surface area (Å²) in [7, 11) is -3.71. The van der Waals surface area contributed by atoms with E-state index in [2.05, 4.69) is 5.32 Å². The first-order valence-corrected chi connectivity index (χ1v) is 10.1. The number of rotatable bonds is 4. The van der Waals surface area contributed by atoms with Crippen LogP contribution in [0.15, 0.2) is 29.2 Å². The summed E-state index contributed by atoms with van der Waals surface area (Å²) in [5.41, 5.74) is 0.324. The summed E-state index contributed by atoms with van der Waals surface area (Å²) >= 11 is 0. The number of piperidine rings is 1. The number of aliphatic hydroxyl groups is 1. The highest BCUT2D eigenvalue weighted by Crippen LogP contribution is 2.21. The SMILES string of the molecule is O=C(NC1CCOCC1)c1cccc(S(=O)(=O)N2CCC[C@@H](O)C2)c1. The molecule has 2 saturated heterocycles. The van der Waals surface area contributed by atoms with Crippen molar-refractivity contribution in [2.24, 2.45) is 0 Å². The van der Waals surface area contributed by atoms with Crippen molar-refractivity contribution in [3.8, 4) is 0 Å². The van der Waals surface area contributed by atoms with Crippen LogP contribution >= 0.6 is 0 Å². The second-order valence-corrected chi connectivity index (χ2v) is 8.48. The van der Waals surface area contributed by atoms with E-state index >= 15 is 0 Å². The number of sulfonamides is 1. The van der Waals surface area contributed by atoms with Crippen LogP contribution in [0.1, 0.15) is 36.0 Å². The number of amides is 1. The number of nitrogens with one attached hydrogen (secondary N) is 1. The van der Waals surface area contributed by atoms with Crippen molar-refractivity contribution in [2.45, 2.75) is 42.7 Å². The van der Waals surface area contributed by atoms with Gasteiger partial charge in [0.1, 0.15) is 0 Å². The van der Waals surface area contributed by atoms with E-state index < -0.39 is 16.1 Å². The smallest absolute Gasteiger partial charge is 0.251 e. The van der Waals surface area contributed by atoms with Gasteiger partial charge in [-0.25, -0.2) is 8.42 Å². The molecule has 1 aromatic rings. The van der Waals surface area contributed by atoms with Crippen LogP contribution in [0.5, 0.6) is 0 Å². The van der Waals surface area contributed by atoms with Gasteiger partial charge >= 0.3 is 0 Å². The quantitative estimate of drug-likeness (QED) is 0.817. The van der Waals surface area contributed by atoms with Crippen LogP contribution in [-0.4, -0.2) is 62.2 Å². The largest absolute Gasteiger partial charge is 0.392 e. The Morgan fingerprint density at radius 2 is 2.00 bits per heavy atom. The number of carbonyl (C=O) groups is 1. The van der Waals surface area contributed by atoms with Gasteiger partial charge in [-0.1, -0.05) is 6.07 Å². The Kier molecular flexibility index (Phi) is 5.73. The Morgan fingerprint density at radius 1 is 1.24 bits per heavy atom. The molecule has 0 aliphatic carbocycles. The zero-order valence-corrected chi connectivity index (χ0v) is 14.9. The maximum atomic E-state index is 12.8. The summed E-state index contributed by atoms with van der Waals surface area (Å²) < 4.78 is 32.1. The standard InChI is InChI=1S/C17H24N2O5S/c20-15-4-2-8-19(12-15)25(22,23)16-5-1-3-13(11-16)17(21)18-14-6-9-24-10-7-14/h1,3,5,11,14-15,20H,2,4,6-10,12H2,(H,18,21)/t15-/m1/s1. The molecule has 8 heteroatoms. The van der Waals surface area contributed by atoms with E-state index in [1.54, 1.807) is 12.1 Å². The highest BCUT2D eigenvalue weighted by molar-refractivity contribution is 7.89. The lowest BCUT2D eigenvalue weighted by Gasteiger charge is -2.29. The molecule has 138 valence electrons. The second-order valence-electron chi connectivity index (χ2n) is 6.55. The molecule has 2 aliphatic heterocycles. The Morgan fingerprint density at radius 3 is 2.72 bits per heavy atom. The lowest BCUT2D eigenvalue weighted by atomic mass is 10.1. The van der Waals surface area contributed by atoms with E-state index in [9.17, 15) is 18.3 Å². The highest BCUT2D eigenvalue weighted by Gasteiger charge is 2.30. The van der Waals surface area contributed by atoms with Gasteiger partial charge in [-0.15, -0.1) is 0 Å². The van der Waals surface area contributed by atoms with Gasteiger partial charge in [0.05, 0.1) is 11.0 Å². The number of hydrogen-bond donors (Lipinski definition) is 2. The minimum absolute atomic E-state index is 0.0544. The Labute approximate surface area is 148 Å². The topological polar surface area (TPSA) is 95.9 Å². The van der Waals surface area contributed by atoms with Gasteiger partial charge in [0.25, 0.3) is 5.91 Å². The average Bonchev–Trinajstić information content (AvgIpc) is 2.62. The highest BCUT2D eigenvalue weighted by atomic mass is 32.2. The minimum atomic E-state index is -3.71. The molecule has 0 radical (unpaired) electrons. The summed E-state index contributed by atoms with van der Waals surface area (Å²) in [4.78, 5) is 12.5. The molecule has 2 N–H and O–H groups in total. The molecule has 1 aromatic carbocycles. The van der Waals surface area contributed by atoms with E-state index in [-0.39, 0.29) is 23.4 Å². The molecule has 2 heterocycles. The summed E-state index contributed by atoms with van der Waals surface area (Å²) in [6.45, 7) is 1.73. The average molecular weight is 368 g/mol. The summed E-state index contributed by atoms with van der Waals surface area (Å²) in [6.07, 6.45) is 2.12.